The quantitative estimate of drug-likeness (QED) is 0.509. The molecule has 0 radical (unpaired) electrons. The Morgan fingerprint density at radius 2 is 1.92 bits per heavy atom. The average molecular weight is 181 g/mol. The first-order valence-electron chi connectivity index (χ1n) is 4.37. The van der Waals surface area contributed by atoms with Crippen LogP contribution in [0.2, 0.25) is 0 Å². The van der Waals surface area contributed by atoms with E-state index in [2.05, 4.69) is 15.6 Å². The Labute approximate surface area is 78.0 Å². The monoisotopic (exact) mass is 181 g/mol. The SMILES string of the molecule is OC1CNCCN1.c1ccncc1. The molecule has 0 bridgehead atoms. The van der Waals surface area contributed by atoms with Crippen molar-refractivity contribution in [1.29, 1.82) is 0 Å². The molecule has 1 aliphatic rings. The molecule has 0 aromatic carbocycles. The topological polar surface area (TPSA) is 57.2 Å². The highest BCUT2D eigenvalue weighted by molar-refractivity contribution is 4.88. The minimum absolute atomic E-state index is 0.325. The molecule has 0 aliphatic carbocycles. The van der Waals surface area contributed by atoms with Crippen molar-refractivity contribution >= 4 is 0 Å². The van der Waals surface area contributed by atoms with Crippen molar-refractivity contribution in [1.82, 2.24) is 15.6 Å². The molecule has 1 saturated heterocycles. The second kappa shape index (κ2) is 6.54. The molecule has 13 heavy (non-hydrogen) atoms. The second-order valence-electron chi connectivity index (χ2n) is 2.70. The highest BCUT2D eigenvalue weighted by Crippen LogP contribution is 1.77. The van der Waals surface area contributed by atoms with Crippen LogP contribution in [0.1, 0.15) is 0 Å². The van der Waals surface area contributed by atoms with Gasteiger partial charge in [0, 0.05) is 32.0 Å². The Hall–Kier alpha value is -0.970. The molecule has 4 heteroatoms. The van der Waals surface area contributed by atoms with Gasteiger partial charge < -0.3 is 10.4 Å². The van der Waals surface area contributed by atoms with Gasteiger partial charge in [0.1, 0.15) is 6.23 Å². The van der Waals surface area contributed by atoms with Crippen LogP contribution < -0.4 is 10.6 Å². The second-order valence-corrected chi connectivity index (χ2v) is 2.70. The van der Waals surface area contributed by atoms with Gasteiger partial charge in [0.05, 0.1) is 0 Å². The molecule has 1 fully saturated rings. The predicted molar refractivity (Wildman–Crippen MR) is 51.1 cm³/mol. The fourth-order valence-corrected chi connectivity index (χ4v) is 0.951. The van der Waals surface area contributed by atoms with Crippen LogP contribution in [0.3, 0.4) is 0 Å². The molecule has 2 rings (SSSR count). The highest BCUT2D eigenvalue weighted by atomic mass is 16.3. The van der Waals surface area contributed by atoms with Crippen molar-refractivity contribution in [2.24, 2.45) is 0 Å². The highest BCUT2D eigenvalue weighted by Gasteiger charge is 2.04. The number of aliphatic hydroxyl groups is 1. The van der Waals surface area contributed by atoms with Crippen molar-refractivity contribution in [3.8, 4) is 0 Å². The first-order chi connectivity index (χ1) is 6.39. The van der Waals surface area contributed by atoms with E-state index in [0.717, 1.165) is 13.1 Å². The molecule has 0 amide bonds. The average Bonchev–Trinajstić information content (AvgIpc) is 2.22. The van der Waals surface area contributed by atoms with Crippen LogP contribution in [0.5, 0.6) is 0 Å². The zero-order chi connectivity index (χ0) is 9.36. The fourth-order valence-electron chi connectivity index (χ4n) is 0.951. The summed E-state index contributed by atoms with van der Waals surface area (Å²) >= 11 is 0. The first kappa shape index (κ1) is 10.1. The Kier molecular flexibility index (Phi) is 5.08. The number of nitrogens with zero attached hydrogens (tertiary/aromatic N) is 1. The molecule has 1 unspecified atom stereocenters. The molecule has 3 N–H and O–H groups in total. The van der Waals surface area contributed by atoms with E-state index in [0.29, 0.717) is 6.54 Å². The first-order valence-corrected chi connectivity index (χ1v) is 4.37. The number of nitrogens with one attached hydrogen (secondary N) is 2. The number of aromatic nitrogens is 1. The molecular formula is C9H15N3O. The normalized spacial score (nSPS) is 21.5. The van der Waals surface area contributed by atoms with Crippen LogP contribution in [0.25, 0.3) is 0 Å². The van der Waals surface area contributed by atoms with Gasteiger partial charge in [-0.05, 0) is 12.1 Å². The molecule has 2 heterocycles. The van der Waals surface area contributed by atoms with Crippen molar-refractivity contribution in [3.05, 3.63) is 30.6 Å². The molecule has 0 saturated carbocycles. The maximum absolute atomic E-state index is 8.74. The summed E-state index contributed by atoms with van der Waals surface area (Å²) in [7, 11) is 0. The van der Waals surface area contributed by atoms with E-state index in [1.54, 1.807) is 12.4 Å². The largest absolute Gasteiger partial charge is 0.377 e. The van der Waals surface area contributed by atoms with Crippen molar-refractivity contribution in [2.45, 2.75) is 6.23 Å². The molecular weight excluding hydrogens is 166 g/mol. The van der Waals surface area contributed by atoms with E-state index in [9.17, 15) is 0 Å². The van der Waals surface area contributed by atoms with E-state index in [1.807, 2.05) is 18.2 Å². The van der Waals surface area contributed by atoms with Gasteiger partial charge in [-0.25, -0.2) is 0 Å². The van der Waals surface area contributed by atoms with E-state index in [1.165, 1.54) is 0 Å². The lowest BCUT2D eigenvalue weighted by Gasteiger charge is -2.18. The lowest BCUT2D eigenvalue weighted by Crippen LogP contribution is -2.47. The van der Waals surface area contributed by atoms with Gasteiger partial charge in [0.2, 0.25) is 0 Å². The maximum Gasteiger partial charge on any atom is 0.117 e. The van der Waals surface area contributed by atoms with Gasteiger partial charge in [-0.1, -0.05) is 6.07 Å². The van der Waals surface area contributed by atoms with E-state index < -0.39 is 0 Å². The Bertz CT molecular complexity index is 173. The van der Waals surface area contributed by atoms with Crippen LogP contribution in [0, 0.1) is 0 Å². The van der Waals surface area contributed by atoms with Gasteiger partial charge in [-0.2, -0.15) is 0 Å². The third kappa shape index (κ3) is 5.30. The van der Waals surface area contributed by atoms with Crippen LogP contribution in [-0.4, -0.2) is 36.0 Å². The van der Waals surface area contributed by atoms with Crippen molar-refractivity contribution in [2.75, 3.05) is 19.6 Å². The summed E-state index contributed by atoms with van der Waals surface area (Å²) in [6, 6.07) is 5.72. The number of piperazine rings is 1. The van der Waals surface area contributed by atoms with E-state index in [-0.39, 0.29) is 6.23 Å². The van der Waals surface area contributed by atoms with Crippen LogP contribution in [0.4, 0.5) is 0 Å². The lowest BCUT2D eigenvalue weighted by atomic mass is 10.4. The van der Waals surface area contributed by atoms with Crippen molar-refractivity contribution < 1.29 is 5.11 Å². The molecule has 1 atom stereocenters. The summed E-state index contributed by atoms with van der Waals surface area (Å²) in [6.07, 6.45) is 3.17. The predicted octanol–water partition coefficient (Wildman–Crippen LogP) is -0.421. The summed E-state index contributed by atoms with van der Waals surface area (Å²) < 4.78 is 0. The third-order valence-electron chi connectivity index (χ3n) is 1.59. The zero-order valence-corrected chi connectivity index (χ0v) is 7.48. The number of pyridine rings is 1. The maximum atomic E-state index is 8.74. The summed E-state index contributed by atoms with van der Waals surface area (Å²) in [5.74, 6) is 0. The number of β-amino-alcohol motifs (C(OH)–C–C–N with tert-alkyl or cyclic N) is 1. The molecule has 72 valence electrons. The number of hydrogen-bond donors (Lipinski definition) is 3. The van der Waals surface area contributed by atoms with Crippen LogP contribution in [-0.2, 0) is 0 Å². The summed E-state index contributed by atoms with van der Waals surface area (Å²) in [6.45, 7) is 2.53. The fraction of sp³-hybridized carbons (Fsp3) is 0.444. The van der Waals surface area contributed by atoms with Gasteiger partial charge in [-0.15, -0.1) is 0 Å². The van der Waals surface area contributed by atoms with Gasteiger partial charge in [-0.3, -0.25) is 10.3 Å². The Morgan fingerprint density at radius 1 is 1.15 bits per heavy atom. The van der Waals surface area contributed by atoms with Crippen molar-refractivity contribution in [3.63, 3.8) is 0 Å². The number of hydrogen-bond acceptors (Lipinski definition) is 4. The molecule has 1 aromatic rings. The van der Waals surface area contributed by atoms with E-state index in [4.69, 9.17) is 5.11 Å². The van der Waals surface area contributed by atoms with Gasteiger partial charge >= 0.3 is 0 Å². The zero-order valence-electron chi connectivity index (χ0n) is 7.48. The molecule has 1 aliphatic heterocycles. The number of rotatable bonds is 0. The molecule has 0 spiro atoms. The number of aliphatic hydroxyl groups excluding tert-OH is 1. The summed E-state index contributed by atoms with van der Waals surface area (Å²) in [5, 5.41) is 14.6. The minimum Gasteiger partial charge on any atom is -0.377 e. The third-order valence-corrected chi connectivity index (χ3v) is 1.59. The molecule has 4 nitrogen and oxygen atoms in total. The van der Waals surface area contributed by atoms with Gasteiger partial charge in [0.15, 0.2) is 0 Å². The summed E-state index contributed by atoms with van der Waals surface area (Å²) in [4.78, 5) is 3.78. The Morgan fingerprint density at radius 3 is 2.15 bits per heavy atom. The minimum atomic E-state index is -0.325. The lowest BCUT2D eigenvalue weighted by molar-refractivity contribution is 0.120. The van der Waals surface area contributed by atoms with Gasteiger partial charge in [0.25, 0.3) is 0 Å². The summed E-state index contributed by atoms with van der Waals surface area (Å²) in [5.41, 5.74) is 0. The van der Waals surface area contributed by atoms with E-state index >= 15 is 0 Å². The smallest absolute Gasteiger partial charge is 0.117 e. The van der Waals surface area contributed by atoms with Crippen LogP contribution >= 0.6 is 0 Å². The Balaban J connectivity index is 0.000000132. The van der Waals surface area contributed by atoms with Crippen LogP contribution in [0.15, 0.2) is 30.6 Å². The molecule has 1 aromatic heterocycles. The standard InChI is InChI=1S/C5H5N.C4H10N2O/c1-2-4-6-5-3-1;7-4-3-5-1-2-6-4/h1-5H;4-7H,1-3H2.